The van der Waals surface area contributed by atoms with Crippen LogP contribution >= 0.6 is 11.8 Å². The zero-order valence-electron chi connectivity index (χ0n) is 12.8. The Morgan fingerprint density at radius 1 is 1.57 bits per heavy atom. The molecule has 0 bridgehead atoms. The SMILES string of the molecule is CCNC(=NCC1(C)CCCS1)NCC(O)c1ccco1. The van der Waals surface area contributed by atoms with E-state index >= 15 is 0 Å². The van der Waals surface area contributed by atoms with Crippen LogP contribution in [0.15, 0.2) is 27.8 Å². The van der Waals surface area contributed by atoms with Gasteiger partial charge in [-0.25, -0.2) is 0 Å². The molecule has 118 valence electrons. The molecule has 0 spiro atoms. The number of hydrogen-bond donors (Lipinski definition) is 3. The number of aliphatic hydroxyl groups excluding tert-OH is 1. The third-order valence-corrected chi connectivity index (χ3v) is 5.07. The Morgan fingerprint density at radius 3 is 3.05 bits per heavy atom. The number of aliphatic hydroxyl groups is 1. The standard InChI is InChI=1S/C15H25N3O2S/c1-3-16-14(18-11-15(2)7-5-9-21-15)17-10-12(19)13-6-4-8-20-13/h4,6,8,12,19H,3,5,7,9-11H2,1-2H3,(H2,16,17,18). The van der Waals surface area contributed by atoms with Crippen molar-refractivity contribution in [2.75, 3.05) is 25.4 Å². The first kappa shape index (κ1) is 16.2. The van der Waals surface area contributed by atoms with E-state index in [2.05, 4.69) is 22.5 Å². The van der Waals surface area contributed by atoms with E-state index in [1.54, 1.807) is 18.4 Å². The fourth-order valence-corrected chi connectivity index (χ4v) is 3.55. The molecule has 2 atom stereocenters. The van der Waals surface area contributed by atoms with Crippen LogP contribution in [0.5, 0.6) is 0 Å². The van der Waals surface area contributed by atoms with Crippen LogP contribution in [0.1, 0.15) is 38.6 Å². The molecule has 21 heavy (non-hydrogen) atoms. The monoisotopic (exact) mass is 311 g/mol. The molecule has 5 nitrogen and oxygen atoms in total. The molecule has 1 saturated heterocycles. The molecule has 2 rings (SSSR count). The van der Waals surface area contributed by atoms with Crippen LogP contribution in [-0.4, -0.2) is 41.2 Å². The third-order valence-electron chi connectivity index (χ3n) is 3.55. The molecule has 0 saturated carbocycles. The molecule has 1 aromatic heterocycles. The second-order valence-corrected chi connectivity index (χ2v) is 7.19. The van der Waals surface area contributed by atoms with Gasteiger partial charge in [-0.1, -0.05) is 0 Å². The van der Waals surface area contributed by atoms with Crippen molar-refractivity contribution >= 4 is 17.7 Å². The highest BCUT2D eigenvalue weighted by Gasteiger charge is 2.29. The minimum absolute atomic E-state index is 0.252. The molecule has 0 radical (unpaired) electrons. The summed E-state index contributed by atoms with van der Waals surface area (Å²) in [5, 5.41) is 16.4. The molecule has 1 aromatic rings. The summed E-state index contributed by atoms with van der Waals surface area (Å²) in [5.41, 5.74) is 0. The number of aliphatic imine (C=N–C) groups is 1. The summed E-state index contributed by atoms with van der Waals surface area (Å²) in [4.78, 5) is 4.65. The van der Waals surface area contributed by atoms with Gasteiger partial charge in [0.15, 0.2) is 5.96 Å². The number of hydrogen-bond acceptors (Lipinski definition) is 4. The first-order chi connectivity index (χ1) is 10.1. The quantitative estimate of drug-likeness (QED) is 0.555. The van der Waals surface area contributed by atoms with Gasteiger partial charge in [0.1, 0.15) is 11.9 Å². The van der Waals surface area contributed by atoms with Crippen molar-refractivity contribution in [1.29, 1.82) is 0 Å². The van der Waals surface area contributed by atoms with Gasteiger partial charge in [0, 0.05) is 11.3 Å². The lowest BCUT2D eigenvalue weighted by atomic mass is 10.1. The summed E-state index contributed by atoms with van der Waals surface area (Å²) in [7, 11) is 0. The molecule has 1 aliphatic rings. The van der Waals surface area contributed by atoms with Gasteiger partial charge >= 0.3 is 0 Å². The summed E-state index contributed by atoms with van der Waals surface area (Å²) < 4.78 is 5.44. The van der Waals surface area contributed by atoms with Gasteiger partial charge in [-0.2, -0.15) is 11.8 Å². The molecular formula is C15H25N3O2S. The number of nitrogens with one attached hydrogen (secondary N) is 2. The predicted octanol–water partition coefficient (Wildman–Crippen LogP) is 2.15. The summed E-state index contributed by atoms with van der Waals surface area (Å²) in [6.45, 7) is 6.28. The van der Waals surface area contributed by atoms with Gasteiger partial charge in [-0.05, 0) is 44.6 Å². The Labute approximate surface area is 130 Å². The van der Waals surface area contributed by atoms with Gasteiger partial charge in [-0.3, -0.25) is 4.99 Å². The second-order valence-electron chi connectivity index (χ2n) is 5.51. The first-order valence-electron chi connectivity index (χ1n) is 7.50. The van der Waals surface area contributed by atoms with Crippen molar-refractivity contribution in [1.82, 2.24) is 10.6 Å². The van der Waals surface area contributed by atoms with Crippen LogP contribution in [-0.2, 0) is 0 Å². The van der Waals surface area contributed by atoms with Gasteiger partial charge in [0.2, 0.25) is 0 Å². The van der Waals surface area contributed by atoms with Crippen molar-refractivity contribution in [2.45, 2.75) is 37.5 Å². The number of thioether (sulfide) groups is 1. The number of guanidine groups is 1. The molecular weight excluding hydrogens is 286 g/mol. The summed E-state index contributed by atoms with van der Waals surface area (Å²) in [5.74, 6) is 2.54. The van der Waals surface area contributed by atoms with Gasteiger partial charge in [0.05, 0.1) is 19.4 Å². The highest BCUT2D eigenvalue weighted by Crippen LogP contribution is 2.37. The van der Waals surface area contributed by atoms with Gasteiger partial charge in [0.25, 0.3) is 0 Å². The van der Waals surface area contributed by atoms with Gasteiger partial charge in [-0.15, -0.1) is 0 Å². The first-order valence-corrected chi connectivity index (χ1v) is 8.49. The van der Waals surface area contributed by atoms with Crippen molar-refractivity contribution in [3.05, 3.63) is 24.2 Å². The Bertz CT molecular complexity index is 442. The second kappa shape index (κ2) is 7.75. The lowest BCUT2D eigenvalue weighted by Gasteiger charge is -2.21. The zero-order valence-corrected chi connectivity index (χ0v) is 13.6. The fraction of sp³-hybridized carbons (Fsp3) is 0.667. The average Bonchev–Trinajstić information content (AvgIpc) is 3.13. The predicted molar refractivity (Wildman–Crippen MR) is 87.7 cm³/mol. The molecule has 2 unspecified atom stereocenters. The molecule has 3 N–H and O–H groups in total. The smallest absolute Gasteiger partial charge is 0.191 e. The van der Waals surface area contributed by atoms with Crippen LogP contribution in [0.3, 0.4) is 0 Å². The number of rotatable bonds is 6. The molecule has 0 aromatic carbocycles. The molecule has 2 heterocycles. The van der Waals surface area contributed by atoms with E-state index in [9.17, 15) is 5.11 Å². The average molecular weight is 311 g/mol. The summed E-state index contributed by atoms with van der Waals surface area (Å²) in [6.07, 6.45) is 3.39. The van der Waals surface area contributed by atoms with E-state index in [0.29, 0.717) is 12.3 Å². The van der Waals surface area contributed by atoms with E-state index in [1.165, 1.54) is 18.6 Å². The highest BCUT2D eigenvalue weighted by atomic mass is 32.2. The highest BCUT2D eigenvalue weighted by molar-refractivity contribution is 8.00. The van der Waals surface area contributed by atoms with E-state index < -0.39 is 6.10 Å². The van der Waals surface area contributed by atoms with Crippen LogP contribution in [0, 0.1) is 0 Å². The minimum atomic E-state index is -0.666. The summed E-state index contributed by atoms with van der Waals surface area (Å²) in [6, 6.07) is 3.54. The topological polar surface area (TPSA) is 69.8 Å². The van der Waals surface area contributed by atoms with Crippen LogP contribution in [0.25, 0.3) is 0 Å². The largest absolute Gasteiger partial charge is 0.467 e. The Morgan fingerprint density at radius 2 is 2.43 bits per heavy atom. The third kappa shape index (κ3) is 4.97. The van der Waals surface area contributed by atoms with E-state index in [-0.39, 0.29) is 4.75 Å². The lowest BCUT2D eigenvalue weighted by Crippen LogP contribution is -2.40. The maximum absolute atomic E-state index is 10.0. The van der Waals surface area contributed by atoms with Crippen LogP contribution in [0.2, 0.25) is 0 Å². The minimum Gasteiger partial charge on any atom is -0.467 e. The number of nitrogens with zero attached hydrogens (tertiary/aromatic N) is 1. The van der Waals surface area contributed by atoms with Gasteiger partial charge < -0.3 is 20.2 Å². The maximum Gasteiger partial charge on any atom is 0.191 e. The van der Waals surface area contributed by atoms with Crippen LogP contribution < -0.4 is 10.6 Å². The Kier molecular flexibility index (Phi) is 5.99. The van der Waals surface area contributed by atoms with Crippen LogP contribution in [0.4, 0.5) is 0 Å². The van der Waals surface area contributed by atoms with Crippen molar-refractivity contribution in [3.63, 3.8) is 0 Å². The number of furan rings is 1. The normalized spacial score (nSPS) is 24.0. The maximum atomic E-state index is 10.0. The molecule has 0 aliphatic carbocycles. The lowest BCUT2D eigenvalue weighted by molar-refractivity contribution is 0.153. The van der Waals surface area contributed by atoms with E-state index in [4.69, 9.17) is 4.42 Å². The van der Waals surface area contributed by atoms with E-state index in [1.807, 2.05) is 18.7 Å². The van der Waals surface area contributed by atoms with Crippen molar-refractivity contribution in [2.24, 2.45) is 4.99 Å². The summed E-state index contributed by atoms with van der Waals surface area (Å²) >= 11 is 2.00. The van der Waals surface area contributed by atoms with Crippen molar-refractivity contribution in [3.8, 4) is 0 Å². The Balaban J connectivity index is 1.86. The zero-order chi connectivity index (χ0) is 15.1. The van der Waals surface area contributed by atoms with Crippen molar-refractivity contribution < 1.29 is 9.52 Å². The molecule has 6 heteroatoms. The van der Waals surface area contributed by atoms with E-state index in [0.717, 1.165) is 19.0 Å². The fourth-order valence-electron chi connectivity index (χ4n) is 2.32. The molecule has 1 fully saturated rings. The Hall–Kier alpha value is -1.14. The molecule has 1 aliphatic heterocycles. The molecule has 0 amide bonds.